The number of nitrogen functional groups attached to an aromatic ring is 1. The zero-order valence-corrected chi connectivity index (χ0v) is 11.1. The molecule has 0 aliphatic heterocycles. The lowest BCUT2D eigenvalue weighted by molar-refractivity contribution is -0.131. The molecule has 0 spiro atoms. The van der Waals surface area contributed by atoms with Crippen LogP contribution in [0.5, 0.6) is 0 Å². The van der Waals surface area contributed by atoms with Gasteiger partial charge in [-0.25, -0.2) is 0 Å². The first-order valence-corrected chi connectivity index (χ1v) is 6.82. The van der Waals surface area contributed by atoms with E-state index in [0.717, 1.165) is 24.6 Å². The Hall–Kier alpha value is -1.51. The SMILES string of the molecule is CCN(CC1CCC1)C(=O)Cc1ccccc1N. The van der Waals surface area contributed by atoms with Gasteiger partial charge in [-0.3, -0.25) is 4.79 Å². The molecule has 0 radical (unpaired) electrons. The Morgan fingerprint density at radius 2 is 2.11 bits per heavy atom. The van der Waals surface area contributed by atoms with Gasteiger partial charge in [0.1, 0.15) is 0 Å². The smallest absolute Gasteiger partial charge is 0.227 e. The number of carbonyl (C=O) groups excluding carboxylic acids is 1. The lowest BCUT2D eigenvalue weighted by Crippen LogP contribution is -2.38. The van der Waals surface area contributed by atoms with Gasteiger partial charge in [0.05, 0.1) is 6.42 Å². The predicted molar refractivity (Wildman–Crippen MR) is 74.2 cm³/mol. The van der Waals surface area contributed by atoms with Crippen LogP contribution < -0.4 is 5.73 Å². The second-order valence-corrected chi connectivity index (χ2v) is 5.10. The fourth-order valence-electron chi connectivity index (χ4n) is 2.36. The number of nitrogens with zero attached hydrogens (tertiary/aromatic N) is 1. The number of nitrogens with two attached hydrogens (primary N) is 1. The van der Waals surface area contributed by atoms with Crippen LogP contribution in [0.25, 0.3) is 0 Å². The second-order valence-electron chi connectivity index (χ2n) is 5.10. The molecule has 0 heterocycles. The Balaban J connectivity index is 1.94. The van der Waals surface area contributed by atoms with E-state index in [9.17, 15) is 4.79 Å². The summed E-state index contributed by atoms with van der Waals surface area (Å²) >= 11 is 0. The molecule has 3 heteroatoms. The monoisotopic (exact) mass is 246 g/mol. The first kappa shape index (κ1) is 12.9. The summed E-state index contributed by atoms with van der Waals surface area (Å²) in [5, 5.41) is 0. The third-order valence-corrected chi connectivity index (χ3v) is 3.83. The predicted octanol–water partition coefficient (Wildman–Crippen LogP) is 2.46. The highest BCUT2D eigenvalue weighted by molar-refractivity contribution is 5.80. The van der Waals surface area contributed by atoms with Gasteiger partial charge in [-0.05, 0) is 37.3 Å². The van der Waals surface area contributed by atoms with Gasteiger partial charge in [0.15, 0.2) is 0 Å². The number of likely N-dealkylation sites (N-methyl/N-ethyl adjacent to an activating group) is 1. The zero-order valence-electron chi connectivity index (χ0n) is 11.1. The highest BCUT2D eigenvalue weighted by Gasteiger charge is 2.22. The number of hydrogen-bond acceptors (Lipinski definition) is 2. The van der Waals surface area contributed by atoms with E-state index in [4.69, 9.17) is 5.73 Å². The molecule has 98 valence electrons. The zero-order chi connectivity index (χ0) is 13.0. The van der Waals surface area contributed by atoms with Crippen molar-refractivity contribution in [1.29, 1.82) is 0 Å². The van der Waals surface area contributed by atoms with E-state index >= 15 is 0 Å². The van der Waals surface area contributed by atoms with Crippen LogP contribution in [0.3, 0.4) is 0 Å². The number of hydrogen-bond donors (Lipinski definition) is 1. The summed E-state index contributed by atoms with van der Waals surface area (Å²) < 4.78 is 0. The maximum absolute atomic E-state index is 12.2. The molecule has 2 N–H and O–H groups in total. The van der Waals surface area contributed by atoms with Gasteiger partial charge in [-0.15, -0.1) is 0 Å². The highest BCUT2D eigenvalue weighted by atomic mass is 16.2. The fourth-order valence-corrected chi connectivity index (χ4v) is 2.36. The van der Waals surface area contributed by atoms with Crippen LogP contribution in [0.1, 0.15) is 31.7 Å². The molecule has 0 aromatic heterocycles. The molecular formula is C15H22N2O. The number of benzene rings is 1. The minimum atomic E-state index is 0.197. The first-order valence-electron chi connectivity index (χ1n) is 6.82. The van der Waals surface area contributed by atoms with Gasteiger partial charge < -0.3 is 10.6 Å². The Kier molecular flexibility index (Phi) is 4.24. The van der Waals surface area contributed by atoms with Crippen molar-refractivity contribution in [2.75, 3.05) is 18.8 Å². The fraction of sp³-hybridized carbons (Fsp3) is 0.533. The maximum atomic E-state index is 12.2. The van der Waals surface area contributed by atoms with Crippen LogP contribution in [-0.2, 0) is 11.2 Å². The second kappa shape index (κ2) is 5.89. The third-order valence-electron chi connectivity index (χ3n) is 3.83. The standard InChI is InChI=1S/C15H22N2O/c1-2-17(11-12-6-5-7-12)15(18)10-13-8-3-4-9-14(13)16/h3-4,8-9,12H,2,5-7,10-11,16H2,1H3. The molecular weight excluding hydrogens is 224 g/mol. The van der Waals surface area contributed by atoms with E-state index in [2.05, 4.69) is 0 Å². The van der Waals surface area contributed by atoms with Crippen molar-refractivity contribution in [3.8, 4) is 0 Å². The van der Waals surface area contributed by atoms with Crippen LogP contribution in [0, 0.1) is 5.92 Å². The average Bonchev–Trinajstić information content (AvgIpc) is 2.31. The molecule has 1 amide bonds. The molecule has 1 aromatic carbocycles. The summed E-state index contributed by atoms with van der Waals surface area (Å²) in [4.78, 5) is 14.2. The van der Waals surface area contributed by atoms with E-state index in [1.165, 1.54) is 19.3 Å². The summed E-state index contributed by atoms with van der Waals surface area (Å²) in [6.45, 7) is 3.76. The van der Waals surface area contributed by atoms with Gasteiger partial charge in [-0.1, -0.05) is 24.6 Å². The lowest BCUT2D eigenvalue weighted by Gasteiger charge is -2.32. The van der Waals surface area contributed by atoms with Gasteiger partial charge in [-0.2, -0.15) is 0 Å². The third kappa shape index (κ3) is 3.03. The summed E-state index contributed by atoms with van der Waals surface area (Å²) in [6, 6.07) is 7.62. The normalized spacial score (nSPS) is 15.2. The van der Waals surface area contributed by atoms with E-state index in [1.54, 1.807) is 0 Å². The molecule has 1 aliphatic carbocycles. The largest absolute Gasteiger partial charge is 0.398 e. The van der Waals surface area contributed by atoms with Crippen molar-refractivity contribution in [1.82, 2.24) is 4.90 Å². The minimum absolute atomic E-state index is 0.197. The van der Waals surface area contributed by atoms with Crippen molar-refractivity contribution in [2.45, 2.75) is 32.6 Å². The molecule has 0 unspecified atom stereocenters. The van der Waals surface area contributed by atoms with Gasteiger partial charge in [0, 0.05) is 18.8 Å². The van der Waals surface area contributed by atoms with Crippen molar-refractivity contribution >= 4 is 11.6 Å². The quantitative estimate of drug-likeness (QED) is 0.811. The van der Waals surface area contributed by atoms with E-state index in [0.29, 0.717) is 12.1 Å². The van der Waals surface area contributed by atoms with E-state index in [-0.39, 0.29) is 5.91 Å². The molecule has 0 saturated heterocycles. The summed E-state index contributed by atoms with van der Waals surface area (Å²) in [7, 11) is 0. The van der Waals surface area contributed by atoms with Crippen LogP contribution in [0.2, 0.25) is 0 Å². The van der Waals surface area contributed by atoms with Gasteiger partial charge in [0.25, 0.3) is 0 Å². The molecule has 1 fully saturated rings. The summed E-state index contributed by atoms with van der Waals surface area (Å²) in [6.07, 6.45) is 4.30. The number of para-hydroxylation sites is 1. The Labute approximate surface area is 109 Å². The molecule has 2 rings (SSSR count). The molecule has 0 atom stereocenters. The van der Waals surface area contributed by atoms with Crippen molar-refractivity contribution in [3.05, 3.63) is 29.8 Å². The van der Waals surface area contributed by atoms with Crippen LogP contribution in [0.4, 0.5) is 5.69 Å². The average molecular weight is 246 g/mol. The summed E-state index contributed by atoms with van der Waals surface area (Å²) in [5.41, 5.74) is 7.53. The number of carbonyl (C=O) groups is 1. The van der Waals surface area contributed by atoms with E-state index in [1.807, 2.05) is 36.1 Å². The van der Waals surface area contributed by atoms with Crippen molar-refractivity contribution < 1.29 is 4.79 Å². The first-order chi connectivity index (χ1) is 8.70. The van der Waals surface area contributed by atoms with E-state index < -0.39 is 0 Å². The van der Waals surface area contributed by atoms with Crippen LogP contribution >= 0.6 is 0 Å². The van der Waals surface area contributed by atoms with Crippen molar-refractivity contribution in [2.24, 2.45) is 5.92 Å². The lowest BCUT2D eigenvalue weighted by atomic mass is 9.85. The van der Waals surface area contributed by atoms with Gasteiger partial charge >= 0.3 is 0 Å². The molecule has 3 nitrogen and oxygen atoms in total. The van der Waals surface area contributed by atoms with Gasteiger partial charge in [0.2, 0.25) is 5.91 Å². The summed E-state index contributed by atoms with van der Waals surface area (Å²) in [5.74, 6) is 0.921. The van der Waals surface area contributed by atoms with Crippen molar-refractivity contribution in [3.63, 3.8) is 0 Å². The number of rotatable bonds is 5. The number of amides is 1. The molecule has 1 saturated carbocycles. The van der Waals surface area contributed by atoms with Crippen LogP contribution in [0.15, 0.2) is 24.3 Å². The van der Waals surface area contributed by atoms with Crippen LogP contribution in [-0.4, -0.2) is 23.9 Å². The molecule has 1 aliphatic rings. The Morgan fingerprint density at radius 3 is 2.67 bits per heavy atom. The minimum Gasteiger partial charge on any atom is -0.398 e. The molecule has 0 bridgehead atoms. The number of anilines is 1. The maximum Gasteiger partial charge on any atom is 0.227 e. The topological polar surface area (TPSA) is 46.3 Å². The molecule has 18 heavy (non-hydrogen) atoms. The Bertz CT molecular complexity index is 413. The highest BCUT2D eigenvalue weighted by Crippen LogP contribution is 2.27. The Morgan fingerprint density at radius 1 is 1.39 bits per heavy atom. The molecule has 1 aromatic rings.